The van der Waals surface area contributed by atoms with Crippen molar-refractivity contribution in [3.05, 3.63) is 50.1 Å². The highest BCUT2D eigenvalue weighted by Crippen LogP contribution is 2.37. The zero-order valence-corrected chi connectivity index (χ0v) is 20.0. The number of carbonyl (C=O) groups excluding carboxylic acids is 1. The van der Waals surface area contributed by atoms with E-state index in [1.807, 2.05) is 32.9 Å². The van der Waals surface area contributed by atoms with Gasteiger partial charge in [-0.3, -0.25) is 14.2 Å². The fraction of sp³-hybridized carbons (Fsp3) is 0.435. The number of carbonyl (C=O) groups is 1. The van der Waals surface area contributed by atoms with Gasteiger partial charge in [0, 0.05) is 15.3 Å². The number of hydrogen-bond donors (Lipinski definition) is 0. The normalized spacial score (nSPS) is 16.6. The van der Waals surface area contributed by atoms with Crippen LogP contribution in [0.1, 0.15) is 44.6 Å². The second kappa shape index (κ2) is 8.13. The van der Waals surface area contributed by atoms with Gasteiger partial charge in [-0.25, -0.2) is 4.98 Å². The Morgan fingerprint density at radius 3 is 2.67 bits per heavy atom. The van der Waals surface area contributed by atoms with E-state index in [2.05, 4.69) is 6.92 Å². The predicted molar refractivity (Wildman–Crippen MR) is 127 cm³/mol. The molecular formula is C23H25ClN2O2S2. The number of hydrogen-bond acceptors (Lipinski definition) is 5. The summed E-state index contributed by atoms with van der Waals surface area (Å²) in [6, 6.07) is 7.20. The summed E-state index contributed by atoms with van der Waals surface area (Å²) in [5.74, 6) is 1.03. The highest BCUT2D eigenvalue weighted by molar-refractivity contribution is 7.99. The van der Waals surface area contributed by atoms with Crippen LogP contribution in [0.2, 0.25) is 5.02 Å². The molecule has 7 heteroatoms. The largest absolute Gasteiger partial charge is 0.298 e. The molecule has 0 aliphatic heterocycles. The molecule has 30 heavy (non-hydrogen) atoms. The number of thiophene rings is 1. The molecule has 158 valence electrons. The first-order valence-electron chi connectivity index (χ1n) is 10.1. The van der Waals surface area contributed by atoms with Crippen LogP contribution in [0.5, 0.6) is 0 Å². The molecule has 2 heterocycles. The van der Waals surface area contributed by atoms with Gasteiger partial charge in [-0.15, -0.1) is 11.3 Å². The Kier molecular flexibility index (Phi) is 5.86. The van der Waals surface area contributed by atoms with Crippen molar-refractivity contribution in [2.45, 2.75) is 52.1 Å². The molecule has 0 radical (unpaired) electrons. The van der Waals surface area contributed by atoms with E-state index in [9.17, 15) is 9.59 Å². The average Bonchev–Trinajstić information content (AvgIpc) is 3.03. The zero-order valence-electron chi connectivity index (χ0n) is 17.6. The van der Waals surface area contributed by atoms with Crippen LogP contribution in [0.3, 0.4) is 0 Å². The third kappa shape index (κ3) is 4.10. The minimum absolute atomic E-state index is 0.0555. The first-order valence-corrected chi connectivity index (χ1v) is 12.3. The summed E-state index contributed by atoms with van der Waals surface area (Å²) in [5, 5.41) is 1.90. The Labute approximate surface area is 189 Å². The Morgan fingerprint density at radius 2 is 2.00 bits per heavy atom. The molecule has 1 aliphatic carbocycles. The lowest BCUT2D eigenvalue weighted by Crippen LogP contribution is -2.25. The molecule has 3 aromatic rings. The highest BCUT2D eigenvalue weighted by atomic mass is 35.5. The van der Waals surface area contributed by atoms with Gasteiger partial charge in [-0.1, -0.05) is 51.1 Å². The minimum Gasteiger partial charge on any atom is -0.298 e. The second-order valence-electron chi connectivity index (χ2n) is 9.01. The van der Waals surface area contributed by atoms with Crippen LogP contribution >= 0.6 is 34.7 Å². The first kappa shape index (κ1) is 21.6. The summed E-state index contributed by atoms with van der Waals surface area (Å²) in [6.45, 7) is 7.99. The monoisotopic (exact) mass is 460 g/mol. The molecule has 0 bridgehead atoms. The first-order chi connectivity index (χ1) is 14.1. The quantitative estimate of drug-likeness (QED) is 0.357. The number of ketones is 1. The van der Waals surface area contributed by atoms with Gasteiger partial charge in [0.05, 0.1) is 16.8 Å². The number of thioether (sulfide) groups is 1. The number of aromatic nitrogens is 2. The summed E-state index contributed by atoms with van der Waals surface area (Å²) >= 11 is 9.03. The van der Waals surface area contributed by atoms with Gasteiger partial charge in [0.15, 0.2) is 5.16 Å². The van der Waals surface area contributed by atoms with Crippen molar-refractivity contribution in [1.29, 1.82) is 0 Å². The Balaban J connectivity index is 1.88. The number of Topliss-reactive ketones (excluding diaryl/α,β-unsaturated/α-hetero) is 1. The SMILES string of the molecule is CC1CCc2c(sc3nc(SCC(=O)C(C)(C)C)n(-c4ccc(Cl)cc4)c(=O)c23)C1. The van der Waals surface area contributed by atoms with E-state index in [-0.39, 0.29) is 17.1 Å². The zero-order chi connectivity index (χ0) is 21.6. The second-order valence-corrected chi connectivity index (χ2v) is 11.5. The maximum Gasteiger partial charge on any atom is 0.267 e. The smallest absolute Gasteiger partial charge is 0.267 e. The van der Waals surface area contributed by atoms with E-state index < -0.39 is 5.41 Å². The molecule has 1 atom stereocenters. The molecule has 0 N–H and O–H groups in total. The molecule has 2 aromatic heterocycles. The van der Waals surface area contributed by atoms with Crippen LogP contribution in [0.15, 0.2) is 34.2 Å². The van der Waals surface area contributed by atoms with Gasteiger partial charge in [0.1, 0.15) is 10.6 Å². The van der Waals surface area contributed by atoms with Crippen LogP contribution < -0.4 is 5.56 Å². The predicted octanol–water partition coefficient (Wildman–Crippen LogP) is 5.93. The summed E-state index contributed by atoms with van der Waals surface area (Å²) in [4.78, 5) is 33.2. The van der Waals surface area contributed by atoms with Crippen molar-refractivity contribution < 1.29 is 4.79 Å². The Hall–Kier alpha value is -1.63. The molecule has 0 amide bonds. The molecule has 4 rings (SSSR count). The van der Waals surface area contributed by atoms with Crippen molar-refractivity contribution in [2.24, 2.45) is 11.3 Å². The number of nitrogens with zero attached hydrogens (tertiary/aromatic N) is 2. The van der Waals surface area contributed by atoms with Crippen LogP contribution in [-0.2, 0) is 17.6 Å². The van der Waals surface area contributed by atoms with Crippen molar-refractivity contribution in [3.8, 4) is 5.69 Å². The molecular weight excluding hydrogens is 436 g/mol. The lowest BCUT2D eigenvalue weighted by atomic mass is 9.89. The van der Waals surface area contributed by atoms with Crippen LogP contribution in [0, 0.1) is 11.3 Å². The molecule has 1 aromatic carbocycles. The summed E-state index contributed by atoms with van der Waals surface area (Å²) in [7, 11) is 0. The Bertz CT molecular complexity index is 1170. The third-order valence-corrected chi connectivity index (χ3v) is 7.89. The van der Waals surface area contributed by atoms with Gasteiger partial charge in [-0.2, -0.15) is 0 Å². The van der Waals surface area contributed by atoms with Crippen molar-refractivity contribution in [2.75, 3.05) is 5.75 Å². The number of fused-ring (bicyclic) bond motifs is 3. The molecule has 0 saturated heterocycles. The van der Waals surface area contributed by atoms with E-state index in [0.717, 1.165) is 35.0 Å². The maximum atomic E-state index is 13.7. The molecule has 1 unspecified atom stereocenters. The van der Waals surface area contributed by atoms with Crippen molar-refractivity contribution in [1.82, 2.24) is 9.55 Å². The van der Waals surface area contributed by atoms with E-state index in [1.165, 1.54) is 16.6 Å². The summed E-state index contributed by atoms with van der Waals surface area (Å²) in [6.07, 6.45) is 3.01. The number of aryl methyl sites for hydroxylation is 1. The standard InChI is InChI=1S/C23H25ClN2O2S2/c1-13-5-10-16-17(11-13)30-20-19(16)21(28)26(15-8-6-14(24)7-9-15)22(25-20)29-12-18(27)23(2,3)4/h6-9,13H,5,10-12H2,1-4H3. The Morgan fingerprint density at radius 1 is 1.30 bits per heavy atom. The third-order valence-electron chi connectivity index (χ3n) is 5.55. The van der Waals surface area contributed by atoms with Crippen LogP contribution in [0.25, 0.3) is 15.9 Å². The summed E-state index contributed by atoms with van der Waals surface area (Å²) < 4.78 is 1.64. The van der Waals surface area contributed by atoms with Gasteiger partial charge >= 0.3 is 0 Å². The number of halogens is 1. The highest BCUT2D eigenvalue weighted by Gasteiger charge is 2.26. The molecule has 0 spiro atoms. The molecule has 1 aliphatic rings. The fourth-order valence-electron chi connectivity index (χ4n) is 3.63. The topological polar surface area (TPSA) is 52.0 Å². The van der Waals surface area contributed by atoms with E-state index in [0.29, 0.717) is 21.8 Å². The van der Waals surface area contributed by atoms with E-state index >= 15 is 0 Å². The van der Waals surface area contributed by atoms with Gasteiger partial charge in [-0.05, 0) is 55.0 Å². The maximum absolute atomic E-state index is 13.7. The van der Waals surface area contributed by atoms with Gasteiger partial charge in [0.25, 0.3) is 5.56 Å². The van der Waals surface area contributed by atoms with Crippen LogP contribution in [0.4, 0.5) is 0 Å². The minimum atomic E-state index is -0.430. The van der Waals surface area contributed by atoms with E-state index in [1.54, 1.807) is 28.0 Å². The number of rotatable bonds is 4. The average molecular weight is 461 g/mol. The fourth-order valence-corrected chi connectivity index (χ4v) is 6.36. The lowest BCUT2D eigenvalue weighted by Gasteiger charge is -2.18. The van der Waals surface area contributed by atoms with Gasteiger partial charge < -0.3 is 0 Å². The summed E-state index contributed by atoms with van der Waals surface area (Å²) in [5.41, 5.74) is 1.39. The van der Waals surface area contributed by atoms with E-state index in [4.69, 9.17) is 16.6 Å². The molecule has 0 fully saturated rings. The van der Waals surface area contributed by atoms with Gasteiger partial charge in [0.2, 0.25) is 0 Å². The number of benzene rings is 1. The van der Waals surface area contributed by atoms with Crippen molar-refractivity contribution >= 4 is 50.7 Å². The van der Waals surface area contributed by atoms with Crippen LogP contribution in [-0.4, -0.2) is 21.1 Å². The lowest BCUT2D eigenvalue weighted by molar-refractivity contribution is -0.123. The van der Waals surface area contributed by atoms with Crippen molar-refractivity contribution in [3.63, 3.8) is 0 Å². The molecule has 4 nitrogen and oxygen atoms in total. The molecule has 0 saturated carbocycles.